The van der Waals surface area contributed by atoms with Crippen LogP contribution in [-0.2, 0) is 0 Å². The highest BCUT2D eigenvalue weighted by Gasteiger charge is 2.23. The van der Waals surface area contributed by atoms with Crippen LogP contribution in [0.4, 0.5) is 15.8 Å². The molecule has 1 fully saturated rings. The summed E-state index contributed by atoms with van der Waals surface area (Å²) in [5.74, 6) is 0. The van der Waals surface area contributed by atoms with Crippen molar-refractivity contribution in [1.29, 1.82) is 0 Å². The first-order chi connectivity index (χ1) is 7.58. The molecule has 0 radical (unpaired) electrons. The molecule has 1 heterocycles. The summed E-state index contributed by atoms with van der Waals surface area (Å²) in [5, 5.41) is 10.6. The molecular weight excluding hydrogens is 211 g/mol. The highest BCUT2D eigenvalue weighted by Crippen LogP contribution is 2.27. The van der Waals surface area contributed by atoms with E-state index in [2.05, 4.69) is 0 Å². The van der Waals surface area contributed by atoms with Gasteiger partial charge in [0, 0.05) is 30.4 Å². The molecule has 1 aliphatic heterocycles. The van der Waals surface area contributed by atoms with E-state index in [4.69, 9.17) is 0 Å². The summed E-state index contributed by atoms with van der Waals surface area (Å²) in [6, 6.07) is 4.91. The molecule has 86 valence electrons. The molecule has 2 rings (SSSR count). The number of anilines is 1. The highest BCUT2D eigenvalue weighted by molar-refractivity contribution is 5.55. The number of hydrogen-bond acceptors (Lipinski definition) is 3. The number of aryl methyl sites for hydroxylation is 1. The van der Waals surface area contributed by atoms with Crippen LogP contribution in [0.3, 0.4) is 0 Å². The average Bonchev–Trinajstić information content (AvgIpc) is 2.64. The summed E-state index contributed by atoms with van der Waals surface area (Å²) >= 11 is 0. The molecule has 0 aliphatic carbocycles. The lowest BCUT2D eigenvalue weighted by Gasteiger charge is -2.17. The Labute approximate surface area is 92.8 Å². The maximum atomic E-state index is 13.0. The Hall–Kier alpha value is -1.65. The van der Waals surface area contributed by atoms with Crippen molar-refractivity contribution in [3.05, 3.63) is 33.9 Å². The van der Waals surface area contributed by atoms with Crippen molar-refractivity contribution >= 4 is 11.4 Å². The first-order valence-corrected chi connectivity index (χ1v) is 5.22. The molecule has 1 atom stereocenters. The van der Waals surface area contributed by atoms with E-state index in [0.717, 1.165) is 5.69 Å². The normalized spacial score (nSPS) is 20.1. The molecule has 0 spiro atoms. The number of benzene rings is 1. The van der Waals surface area contributed by atoms with Crippen molar-refractivity contribution in [1.82, 2.24) is 0 Å². The summed E-state index contributed by atoms with van der Waals surface area (Å²) in [6.45, 7) is 2.76. The van der Waals surface area contributed by atoms with E-state index in [1.54, 1.807) is 19.1 Å². The van der Waals surface area contributed by atoms with Crippen molar-refractivity contribution in [3.8, 4) is 0 Å². The number of rotatable bonds is 2. The third-order valence-corrected chi connectivity index (χ3v) is 2.87. The van der Waals surface area contributed by atoms with Gasteiger partial charge in [0.2, 0.25) is 0 Å². The standard InChI is InChI=1S/C11H13FN2O2/c1-8-6-10(2-3-11(8)14(15)16)13-5-4-9(12)7-13/h2-3,6,9H,4-5,7H2,1H3. The molecule has 0 N–H and O–H groups in total. The van der Waals surface area contributed by atoms with Crippen molar-refractivity contribution in [2.75, 3.05) is 18.0 Å². The van der Waals surface area contributed by atoms with Gasteiger partial charge < -0.3 is 4.90 Å². The largest absolute Gasteiger partial charge is 0.368 e. The van der Waals surface area contributed by atoms with Crippen molar-refractivity contribution in [2.45, 2.75) is 19.5 Å². The van der Waals surface area contributed by atoms with Gasteiger partial charge in [-0.15, -0.1) is 0 Å². The van der Waals surface area contributed by atoms with Crippen molar-refractivity contribution < 1.29 is 9.31 Å². The third-order valence-electron chi connectivity index (χ3n) is 2.87. The van der Waals surface area contributed by atoms with Crippen LogP contribution < -0.4 is 4.90 Å². The number of halogens is 1. The predicted octanol–water partition coefficient (Wildman–Crippen LogP) is 2.45. The maximum absolute atomic E-state index is 13.0. The molecule has 0 bridgehead atoms. The van der Waals surface area contributed by atoms with Crippen molar-refractivity contribution in [3.63, 3.8) is 0 Å². The molecule has 1 aromatic rings. The molecule has 0 saturated carbocycles. The van der Waals surface area contributed by atoms with Crippen LogP contribution in [0.5, 0.6) is 0 Å². The SMILES string of the molecule is Cc1cc(N2CCC(F)C2)ccc1[N+](=O)[O-]. The lowest BCUT2D eigenvalue weighted by Crippen LogP contribution is -2.19. The van der Waals surface area contributed by atoms with E-state index < -0.39 is 11.1 Å². The molecule has 0 aromatic heterocycles. The van der Waals surface area contributed by atoms with Crippen molar-refractivity contribution in [2.24, 2.45) is 0 Å². The maximum Gasteiger partial charge on any atom is 0.272 e. The molecule has 4 nitrogen and oxygen atoms in total. The zero-order valence-corrected chi connectivity index (χ0v) is 9.02. The first kappa shape index (κ1) is 10.9. The number of nitrogens with zero attached hydrogens (tertiary/aromatic N) is 2. The van der Waals surface area contributed by atoms with Gasteiger partial charge in [-0.1, -0.05) is 0 Å². The van der Waals surface area contributed by atoms with E-state index in [-0.39, 0.29) is 5.69 Å². The Morgan fingerprint density at radius 3 is 2.81 bits per heavy atom. The van der Waals surface area contributed by atoms with Crippen LogP contribution in [0.1, 0.15) is 12.0 Å². The predicted molar refractivity (Wildman–Crippen MR) is 59.6 cm³/mol. The van der Waals surface area contributed by atoms with E-state index >= 15 is 0 Å². The Kier molecular flexibility index (Phi) is 2.77. The van der Waals surface area contributed by atoms with Gasteiger partial charge in [0.1, 0.15) is 6.17 Å². The summed E-state index contributed by atoms with van der Waals surface area (Å²) in [6.07, 6.45) is -0.244. The van der Waals surface area contributed by atoms with E-state index in [1.165, 1.54) is 6.07 Å². The van der Waals surface area contributed by atoms with Crippen LogP contribution >= 0.6 is 0 Å². The quantitative estimate of drug-likeness (QED) is 0.572. The number of hydrogen-bond donors (Lipinski definition) is 0. The molecule has 5 heteroatoms. The van der Waals surface area contributed by atoms with Crippen LogP contribution in [0.25, 0.3) is 0 Å². The Morgan fingerprint density at radius 1 is 1.56 bits per heavy atom. The second-order valence-corrected chi connectivity index (χ2v) is 4.06. The minimum Gasteiger partial charge on any atom is -0.368 e. The Bertz CT molecular complexity index is 422. The van der Waals surface area contributed by atoms with Crippen LogP contribution in [0, 0.1) is 17.0 Å². The van der Waals surface area contributed by atoms with E-state index in [1.807, 2.05) is 4.90 Å². The van der Waals surface area contributed by atoms with Gasteiger partial charge in [0.05, 0.1) is 4.92 Å². The second-order valence-electron chi connectivity index (χ2n) is 4.06. The highest BCUT2D eigenvalue weighted by atomic mass is 19.1. The first-order valence-electron chi connectivity index (χ1n) is 5.22. The summed E-state index contributed by atoms with van der Waals surface area (Å²) in [5.41, 5.74) is 1.59. The van der Waals surface area contributed by atoms with Gasteiger partial charge in [-0.25, -0.2) is 4.39 Å². The summed E-state index contributed by atoms with van der Waals surface area (Å²) in [4.78, 5) is 12.2. The zero-order valence-electron chi connectivity index (χ0n) is 9.02. The third kappa shape index (κ3) is 1.98. The topological polar surface area (TPSA) is 46.4 Å². The van der Waals surface area contributed by atoms with Gasteiger partial charge in [-0.3, -0.25) is 10.1 Å². The fourth-order valence-corrected chi connectivity index (χ4v) is 1.99. The Morgan fingerprint density at radius 2 is 2.31 bits per heavy atom. The molecule has 16 heavy (non-hydrogen) atoms. The molecular formula is C11H13FN2O2. The minimum absolute atomic E-state index is 0.111. The Balaban J connectivity index is 2.24. The van der Waals surface area contributed by atoms with Gasteiger partial charge in [0.15, 0.2) is 0 Å². The monoisotopic (exact) mass is 224 g/mol. The van der Waals surface area contributed by atoms with Gasteiger partial charge >= 0.3 is 0 Å². The lowest BCUT2D eigenvalue weighted by molar-refractivity contribution is -0.385. The smallest absolute Gasteiger partial charge is 0.272 e. The lowest BCUT2D eigenvalue weighted by atomic mass is 10.1. The minimum atomic E-state index is -0.782. The second kappa shape index (κ2) is 4.08. The molecule has 1 aromatic carbocycles. The fourth-order valence-electron chi connectivity index (χ4n) is 1.99. The van der Waals surface area contributed by atoms with E-state index in [9.17, 15) is 14.5 Å². The number of nitro groups is 1. The molecule has 1 aliphatic rings. The number of alkyl halides is 1. The van der Waals surface area contributed by atoms with Crippen LogP contribution in [0.2, 0.25) is 0 Å². The van der Waals surface area contributed by atoms with Gasteiger partial charge in [-0.05, 0) is 25.5 Å². The summed E-state index contributed by atoms with van der Waals surface area (Å²) in [7, 11) is 0. The van der Waals surface area contributed by atoms with E-state index in [0.29, 0.717) is 25.1 Å². The average molecular weight is 224 g/mol. The summed E-state index contributed by atoms with van der Waals surface area (Å²) < 4.78 is 13.0. The van der Waals surface area contributed by atoms with Gasteiger partial charge in [-0.2, -0.15) is 0 Å². The molecule has 1 saturated heterocycles. The number of nitro benzene ring substituents is 1. The molecule has 0 amide bonds. The fraction of sp³-hybridized carbons (Fsp3) is 0.455. The zero-order chi connectivity index (χ0) is 11.7. The van der Waals surface area contributed by atoms with Crippen LogP contribution in [0.15, 0.2) is 18.2 Å². The molecule has 1 unspecified atom stereocenters. The van der Waals surface area contributed by atoms with Gasteiger partial charge in [0.25, 0.3) is 5.69 Å². The van der Waals surface area contributed by atoms with Crippen LogP contribution in [-0.4, -0.2) is 24.2 Å².